The van der Waals surface area contributed by atoms with E-state index in [-0.39, 0.29) is 12.1 Å². The summed E-state index contributed by atoms with van der Waals surface area (Å²) in [5.41, 5.74) is 1.97. The Morgan fingerprint density at radius 1 is 1.15 bits per heavy atom. The summed E-state index contributed by atoms with van der Waals surface area (Å²) in [6, 6.07) is 12.4. The van der Waals surface area contributed by atoms with Gasteiger partial charge in [-0.3, -0.25) is 4.79 Å². The SMILES string of the molecule is COc1ccc2c(=O)n(C)nc(-c3ccc(CNS(N)(=O)=O)cc3)c2c1. The number of methoxy groups -OCH3 is 1. The fourth-order valence-corrected chi connectivity index (χ4v) is 3.00. The monoisotopic (exact) mass is 374 g/mol. The van der Waals surface area contributed by atoms with E-state index in [1.807, 2.05) is 12.1 Å². The number of aromatic nitrogens is 2. The second-order valence-electron chi connectivity index (χ2n) is 5.75. The molecule has 1 heterocycles. The number of hydrogen-bond acceptors (Lipinski definition) is 5. The van der Waals surface area contributed by atoms with Gasteiger partial charge in [0.25, 0.3) is 15.8 Å². The maximum atomic E-state index is 12.3. The standard InChI is InChI=1S/C17H18N4O4S/c1-21-17(22)14-8-7-13(25-2)9-15(14)16(20-21)12-5-3-11(4-6-12)10-19-26(18,23)24/h3-9,19H,10H2,1-2H3,(H2,18,23,24). The largest absolute Gasteiger partial charge is 0.497 e. The van der Waals surface area contributed by atoms with Crippen LogP contribution in [0.25, 0.3) is 22.0 Å². The van der Waals surface area contributed by atoms with E-state index in [2.05, 4.69) is 9.82 Å². The van der Waals surface area contributed by atoms with Gasteiger partial charge in [-0.05, 0) is 23.8 Å². The highest BCUT2D eigenvalue weighted by Gasteiger charge is 2.12. The molecule has 0 fully saturated rings. The van der Waals surface area contributed by atoms with Crippen molar-refractivity contribution in [3.05, 3.63) is 58.4 Å². The van der Waals surface area contributed by atoms with Gasteiger partial charge in [0.1, 0.15) is 5.75 Å². The van der Waals surface area contributed by atoms with Crippen LogP contribution < -0.4 is 20.2 Å². The molecule has 2 aromatic carbocycles. The van der Waals surface area contributed by atoms with Gasteiger partial charge >= 0.3 is 0 Å². The van der Waals surface area contributed by atoms with Crippen molar-refractivity contribution in [1.29, 1.82) is 0 Å². The topological polar surface area (TPSA) is 116 Å². The summed E-state index contributed by atoms with van der Waals surface area (Å²) >= 11 is 0. The smallest absolute Gasteiger partial charge is 0.274 e. The van der Waals surface area contributed by atoms with Crippen LogP contribution in [0, 0.1) is 0 Å². The first-order valence-electron chi connectivity index (χ1n) is 7.70. The van der Waals surface area contributed by atoms with Crippen LogP contribution in [0.3, 0.4) is 0 Å². The third kappa shape index (κ3) is 3.74. The average molecular weight is 374 g/mol. The molecular formula is C17H18N4O4S. The van der Waals surface area contributed by atoms with Crippen molar-refractivity contribution in [2.45, 2.75) is 6.54 Å². The van der Waals surface area contributed by atoms with Gasteiger partial charge < -0.3 is 4.74 Å². The van der Waals surface area contributed by atoms with Crippen LogP contribution in [0.15, 0.2) is 47.3 Å². The molecule has 8 nitrogen and oxygen atoms in total. The molecular weight excluding hydrogens is 356 g/mol. The minimum atomic E-state index is -3.75. The lowest BCUT2D eigenvalue weighted by molar-refractivity contribution is 0.415. The number of rotatable bonds is 5. The third-order valence-corrected chi connectivity index (χ3v) is 4.51. The number of ether oxygens (including phenoxy) is 1. The van der Waals surface area contributed by atoms with Gasteiger partial charge in [-0.1, -0.05) is 24.3 Å². The van der Waals surface area contributed by atoms with Crippen LogP contribution in [0.4, 0.5) is 0 Å². The van der Waals surface area contributed by atoms with Crippen LogP contribution in [-0.2, 0) is 23.8 Å². The maximum Gasteiger partial charge on any atom is 0.274 e. The second kappa shape index (κ2) is 6.87. The Morgan fingerprint density at radius 2 is 1.85 bits per heavy atom. The molecule has 0 saturated carbocycles. The normalized spacial score (nSPS) is 11.7. The highest BCUT2D eigenvalue weighted by molar-refractivity contribution is 7.87. The third-order valence-electron chi connectivity index (χ3n) is 3.96. The summed E-state index contributed by atoms with van der Waals surface area (Å²) in [5, 5.41) is 10.5. The molecule has 0 amide bonds. The first-order chi connectivity index (χ1) is 12.3. The van der Waals surface area contributed by atoms with E-state index in [0.29, 0.717) is 22.2 Å². The van der Waals surface area contributed by atoms with Crippen molar-refractivity contribution in [1.82, 2.24) is 14.5 Å². The molecule has 0 radical (unpaired) electrons. The van der Waals surface area contributed by atoms with E-state index in [1.54, 1.807) is 44.5 Å². The fourth-order valence-electron chi connectivity index (χ4n) is 2.63. The minimum absolute atomic E-state index is 0.0917. The van der Waals surface area contributed by atoms with Gasteiger partial charge in [0.15, 0.2) is 0 Å². The molecule has 0 atom stereocenters. The van der Waals surface area contributed by atoms with Gasteiger partial charge in [-0.2, -0.15) is 18.2 Å². The lowest BCUT2D eigenvalue weighted by atomic mass is 10.0. The van der Waals surface area contributed by atoms with Crippen molar-refractivity contribution < 1.29 is 13.2 Å². The van der Waals surface area contributed by atoms with Gasteiger partial charge in [-0.25, -0.2) is 9.82 Å². The van der Waals surface area contributed by atoms with Gasteiger partial charge in [0, 0.05) is 24.5 Å². The number of nitrogens with zero attached hydrogens (tertiary/aromatic N) is 2. The Hall–Kier alpha value is -2.75. The first-order valence-corrected chi connectivity index (χ1v) is 9.25. The highest BCUT2D eigenvalue weighted by atomic mass is 32.2. The van der Waals surface area contributed by atoms with E-state index < -0.39 is 10.2 Å². The van der Waals surface area contributed by atoms with Gasteiger partial charge in [0.2, 0.25) is 0 Å². The number of fused-ring (bicyclic) bond motifs is 1. The molecule has 3 aromatic rings. The quantitative estimate of drug-likeness (QED) is 0.688. The zero-order valence-electron chi connectivity index (χ0n) is 14.3. The summed E-state index contributed by atoms with van der Waals surface area (Å²) in [6.07, 6.45) is 0. The lowest BCUT2D eigenvalue weighted by Gasteiger charge is -2.10. The molecule has 136 valence electrons. The highest BCUT2D eigenvalue weighted by Crippen LogP contribution is 2.28. The molecule has 0 aliphatic heterocycles. The lowest BCUT2D eigenvalue weighted by Crippen LogP contribution is -2.30. The van der Waals surface area contributed by atoms with Crippen molar-refractivity contribution in [2.75, 3.05) is 7.11 Å². The summed E-state index contributed by atoms with van der Waals surface area (Å²) in [7, 11) is -0.591. The minimum Gasteiger partial charge on any atom is -0.497 e. The predicted octanol–water partition coefficient (Wildman–Crippen LogP) is 0.902. The zero-order chi connectivity index (χ0) is 18.9. The van der Waals surface area contributed by atoms with Crippen LogP contribution in [0.2, 0.25) is 0 Å². The van der Waals surface area contributed by atoms with Crippen LogP contribution in [-0.4, -0.2) is 25.3 Å². The second-order valence-corrected chi connectivity index (χ2v) is 7.13. The number of nitrogens with two attached hydrogens (primary N) is 1. The zero-order valence-corrected chi connectivity index (χ0v) is 15.1. The molecule has 0 spiro atoms. The molecule has 0 aliphatic carbocycles. The Morgan fingerprint density at radius 3 is 2.46 bits per heavy atom. The predicted molar refractivity (Wildman–Crippen MR) is 98.9 cm³/mol. The van der Waals surface area contributed by atoms with E-state index in [0.717, 1.165) is 11.1 Å². The van der Waals surface area contributed by atoms with Gasteiger partial charge in [0.05, 0.1) is 18.2 Å². The Labute approximate surface area is 150 Å². The molecule has 9 heteroatoms. The Bertz CT molecular complexity index is 1120. The van der Waals surface area contributed by atoms with Crippen LogP contribution >= 0.6 is 0 Å². The van der Waals surface area contributed by atoms with Crippen LogP contribution in [0.1, 0.15) is 5.56 Å². The van der Waals surface area contributed by atoms with E-state index >= 15 is 0 Å². The van der Waals surface area contributed by atoms with Crippen molar-refractivity contribution in [3.8, 4) is 17.0 Å². The molecule has 3 rings (SSSR count). The Balaban J connectivity index is 2.07. The van der Waals surface area contributed by atoms with E-state index in [1.165, 1.54) is 4.68 Å². The molecule has 0 unspecified atom stereocenters. The van der Waals surface area contributed by atoms with Gasteiger partial charge in [-0.15, -0.1) is 0 Å². The van der Waals surface area contributed by atoms with Crippen LogP contribution in [0.5, 0.6) is 5.75 Å². The Kier molecular flexibility index (Phi) is 4.77. The van der Waals surface area contributed by atoms with Crippen molar-refractivity contribution in [2.24, 2.45) is 12.2 Å². The van der Waals surface area contributed by atoms with Crippen molar-refractivity contribution >= 4 is 21.0 Å². The van der Waals surface area contributed by atoms with E-state index in [9.17, 15) is 13.2 Å². The molecule has 3 N–H and O–H groups in total. The molecule has 0 aliphatic rings. The number of benzene rings is 2. The summed E-state index contributed by atoms with van der Waals surface area (Å²) in [6.45, 7) is 0.0917. The number of hydrogen-bond donors (Lipinski definition) is 2. The first kappa shape index (κ1) is 18.1. The summed E-state index contributed by atoms with van der Waals surface area (Å²) in [4.78, 5) is 12.3. The number of aryl methyl sites for hydroxylation is 1. The molecule has 1 aromatic heterocycles. The average Bonchev–Trinajstić information content (AvgIpc) is 2.62. The van der Waals surface area contributed by atoms with Crippen molar-refractivity contribution in [3.63, 3.8) is 0 Å². The molecule has 0 saturated heterocycles. The van der Waals surface area contributed by atoms with E-state index in [4.69, 9.17) is 9.88 Å². The maximum absolute atomic E-state index is 12.3. The summed E-state index contributed by atoms with van der Waals surface area (Å²) < 4.78 is 30.7. The number of nitrogens with one attached hydrogen (secondary N) is 1. The molecule has 26 heavy (non-hydrogen) atoms. The molecule has 0 bridgehead atoms. The summed E-state index contributed by atoms with van der Waals surface area (Å²) in [5.74, 6) is 0.628. The fraction of sp³-hybridized carbons (Fsp3) is 0.176.